The van der Waals surface area contributed by atoms with E-state index in [0.29, 0.717) is 22.4 Å². The quantitative estimate of drug-likeness (QED) is 0.514. The molecule has 174 valence electrons. The Morgan fingerprint density at radius 1 is 1.22 bits per heavy atom. The number of nitrogens with zero attached hydrogens (tertiary/aromatic N) is 2. The first-order valence-electron chi connectivity index (χ1n) is 9.23. The fraction of sp³-hybridized carbons (Fsp3) is 0.444. The van der Waals surface area contributed by atoms with E-state index in [1.807, 2.05) is 0 Å². The number of amides is 1. The third kappa shape index (κ3) is 5.41. The Morgan fingerprint density at radius 3 is 2.47 bits per heavy atom. The normalized spacial score (nSPS) is 17.1. The topological polar surface area (TPSA) is 126 Å². The molecule has 2 aliphatic rings. The van der Waals surface area contributed by atoms with Crippen molar-refractivity contribution in [1.82, 2.24) is 10.1 Å². The molecule has 0 radical (unpaired) electrons. The SMILES string of the molecule is O=C(Nc1sc2c(c1-c1nc(C(F)(F)F)no1)CCC(F)(F)C2)C1=CCCC1.O=C(O)O. The van der Waals surface area contributed by atoms with Crippen LogP contribution >= 0.6 is 11.3 Å². The fourth-order valence-electron chi connectivity index (χ4n) is 3.37. The molecule has 0 aromatic carbocycles. The predicted octanol–water partition coefficient (Wildman–Crippen LogP) is 5.21. The predicted molar refractivity (Wildman–Crippen MR) is 101 cm³/mol. The molecule has 2 aromatic heterocycles. The molecule has 14 heteroatoms. The molecule has 0 spiro atoms. The minimum absolute atomic E-state index is 0.0591. The van der Waals surface area contributed by atoms with Crippen LogP contribution in [0.2, 0.25) is 0 Å². The molecule has 8 nitrogen and oxygen atoms in total. The minimum atomic E-state index is -4.80. The number of fused-ring (bicyclic) bond motifs is 1. The van der Waals surface area contributed by atoms with E-state index in [4.69, 9.17) is 19.5 Å². The molecule has 32 heavy (non-hydrogen) atoms. The fourth-order valence-corrected chi connectivity index (χ4v) is 4.68. The van der Waals surface area contributed by atoms with Gasteiger partial charge in [0.2, 0.25) is 0 Å². The number of carbonyl (C=O) groups excluding carboxylic acids is 1. The van der Waals surface area contributed by atoms with Crippen molar-refractivity contribution in [2.45, 2.75) is 50.6 Å². The van der Waals surface area contributed by atoms with E-state index >= 15 is 0 Å². The van der Waals surface area contributed by atoms with Gasteiger partial charge in [0.1, 0.15) is 5.00 Å². The summed E-state index contributed by atoms with van der Waals surface area (Å²) in [4.78, 5) is 24.7. The molecule has 0 saturated heterocycles. The van der Waals surface area contributed by atoms with Crippen LogP contribution in [0.1, 0.15) is 41.9 Å². The van der Waals surface area contributed by atoms with Crippen LogP contribution in [0, 0.1) is 0 Å². The van der Waals surface area contributed by atoms with E-state index in [1.165, 1.54) is 0 Å². The lowest BCUT2D eigenvalue weighted by Crippen LogP contribution is -2.24. The summed E-state index contributed by atoms with van der Waals surface area (Å²) in [5, 5.41) is 19.7. The maximum atomic E-state index is 13.8. The molecular formula is C18H16F5N3O5S. The zero-order valence-electron chi connectivity index (χ0n) is 16.1. The zero-order chi connectivity index (χ0) is 23.7. The van der Waals surface area contributed by atoms with E-state index in [1.54, 1.807) is 6.08 Å². The number of anilines is 1. The first-order valence-corrected chi connectivity index (χ1v) is 10.0. The second-order valence-corrected chi connectivity index (χ2v) is 8.13. The van der Waals surface area contributed by atoms with Crippen molar-refractivity contribution in [3.8, 4) is 11.5 Å². The molecule has 2 heterocycles. The lowest BCUT2D eigenvalue weighted by atomic mass is 9.92. The number of nitrogens with one attached hydrogen (secondary N) is 1. The number of hydrogen-bond acceptors (Lipinski definition) is 6. The molecule has 4 rings (SSSR count). The highest BCUT2D eigenvalue weighted by Gasteiger charge is 2.41. The summed E-state index contributed by atoms with van der Waals surface area (Å²) in [6.07, 6.45) is -3.71. The summed E-state index contributed by atoms with van der Waals surface area (Å²) in [6.45, 7) is 0. The van der Waals surface area contributed by atoms with Crippen molar-refractivity contribution in [2.24, 2.45) is 0 Å². The van der Waals surface area contributed by atoms with Gasteiger partial charge in [0.25, 0.3) is 23.5 Å². The minimum Gasteiger partial charge on any atom is -0.450 e. The van der Waals surface area contributed by atoms with Crippen LogP contribution < -0.4 is 5.32 Å². The number of rotatable bonds is 3. The Bertz CT molecular complexity index is 1060. The number of carbonyl (C=O) groups is 2. The smallest absolute Gasteiger partial charge is 0.450 e. The summed E-state index contributed by atoms with van der Waals surface area (Å²) in [7, 11) is 0. The Balaban J connectivity index is 0.000000668. The van der Waals surface area contributed by atoms with Gasteiger partial charge in [-0.3, -0.25) is 4.79 Å². The summed E-state index contributed by atoms with van der Waals surface area (Å²) < 4.78 is 70.9. The number of aromatic nitrogens is 2. The van der Waals surface area contributed by atoms with Gasteiger partial charge in [-0.1, -0.05) is 11.2 Å². The first-order chi connectivity index (χ1) is 14.9. The van der Waals surface area contributed by atoms with Crippen molar-refractivity contribution >= 4 is 28.4 Å². The highest BCUT2D eigenvalue weighted by atomic mass is 32.1. The van der Waals surface area contributed by atoms with Crippen LogP contribution in [-0.2, 0) is 23.8 Å². The average molecular weight is 481 g/mol. The largest absolute Gasteiger partial charge is 0.503 e. The van der Waals surface area contributed by atoms with Crippen LogP contribution in [0.4, 0.5) is 31.7 Å². The zero-order valence-corrected chi connectivity index (χ0v) is 16.9. The van der Waals surface area contributed by atoms with Gasteiger partial charge in [-0.15, -0.1) is 11.3 Å². The van der Waals surface area contributed by atoms with Crippen molar-refractivity contribution in [3.63, 3.8) is 0 Å². The monoisotopic (exact) mass is 481 g/mol. The Morgan fingerprint density at radius 2 is 1.91 bits per heavy atom. The molecule has 0 atom stereocenters. The van der Waals surface area contributed by atoms with Gasteiger partial charge in [0.05, 0.1) is 5.56 Å². The summed E-state index contributed by atoms with van der Waals surface area (Å²) >= 11 is 0.915. The van der Waals surface area contributed by atoms with Crippen molar-refractivity contribution in [3.05, 3.63) is 27.9 Å². The first kappa shape index (κ1) is 23.6. The van der Waals surface area contributed by atoms with E-state index in [2.05, 4.69) is 15.5 Å². The summed E-state index contributed by atoms with van der Waals surface area (Å²) in [5.41, 5.74) is 1.08. The third-order valence-electron chi connectivity index (χ3n) is 4.70. The maximum absolute atomic E-state index is 13.8. The molecule has 2 aromatic rings. The van der Waals surface area contributed by atoms with Gasteiger partial charge >= 0.3 is 12.3 Å². The molecule has 0 aliphatic heterocycles. The molecule has 1 amide bonds. The molecule has 0 fully saturated rings. The number of halogens is 5. The molecule has 0 unspecified atom stereocenters. The molecule has 2 aliphatic carbocycles. The van der Waals surface area contributed by atoms with Crippen LogP contribution in [0.3, 0.4) is 0 Å². The van der Waals surface area contributed by atoms with Crippen molar-refractivity contribution < 1.29 is 46.3 Å². The van der Waals surface area contributed by atoms with Crippen LogP contribution in [0.5, 0.6) is 0 Å². The number of hydrogen-bond donors (Lipinski definition) is 3. The van der Waals surface area contributed by atoms with Gasteiger partial charge in [0.15, 0.2) is 0 Å². The van der Waals surface area contributed by atoms with Crippen molar-refractivity contribution in [2.75, 3.05) is 5.32 Å². The van der Waals surface area contributed by atoms with Crippen LogP contribution in [0.25, 0.3) is 11.5 Å². The Labute approximate surface area is 180 Å². The summed E-state index contributed by atoms with van der Waals surface area (Å²) in [6, 6.07) is 0. The van der Waals surface area contributed by atoms with Crippen molar-refractivity contribution in [1.29, 1.82) is 0 Å². The highest BCUT2D eigenvalue weighted by Crippen LogP contribution is 2.47. The lowest BCUT2D eigenvalue weighted by Gasteiger charge is -2.21. The molecule has 3 N–H and O–H groups in total. The van der Waals surface area contributed by atoms with Gasteiger partial charge in [-0.05, 0) is 31.2 Å². The average Bonchev–Trinajstić information content (AvgIpc) is 3.39. The summed E-state index contributed by atoms with van der Waals surface area (Å²) in [5.74, 6) is -5.21. The molecule has 0 saturated carbocycles. The molecule has 0 bridgehead atoms. The van der Waals surface area contributed by atoms with Crippen LogP contribution in [-0.4, -0.2) is 38.3 Å². The third-order valence-corrected chi connectivity index (χ3v) is 5.85. The van der Waals surface area contributed by atoms with Gasteiger partial charge < -0.3 is 20.1 Å². The van der Waals surface area contributed by atoms with Gasteiger partial charge in [0, 0.05) is 23.3 Å². The van der Waals surface area contributed by atoms with E-state index in [9.17, 15) is 26.7 Å². The van der Waals surface area contributed by atoms with E-state index < -0.39 is 48.7 Å². The second-order valence-electron chi connectivity index (χ2n) is 7.02. The van der Waals surface area contributed by atoms with Crippen LogP contribution in [0.15, 0.2) is 16.2 Å². The number of thiophene rings is 1. The second kappa shape index (κ2) is 8.84. The number of alkyl halides is 5. The standard InChI is InChI=1S/C17H14F5N3O2S.CH2O3/c18-16(19)6-5-9-10(7-16)28-14(23-12(26)8-3-1-2-4-8)11(9)13-24-15(25-27-13)17(20,21)22;2-1(3)4/h3H,1-2,4-7H2,(H,23,26);(H2,2,3,4). The highest BCUT2D eigenvalue weighted by molar-refractivity contribution is 7.17. The maximum Gasteiger partial charge on any atom is 0.503 e. The molecular weight excluding hydrogens is 465 g/mol. The Kier molecular flexibility index (Phi) is 6.53. The number of allylic oxidation sites excluding steroid dienone is 1. The lowest BCUT2D eigenvalue weighted by molar-refractivity contribution is -0.146. The number of carboxylic acid groups (broad SMARTS) is 2. The Hall–Kier alpha value is -3.03. The van der Waals surface area contributed by atoms with E-state index in [0.717, 1.165) is 24.2 Å². The van der Waals surface area contributed by atoms with Gasteiger partial charge in [-0.2, -0.15) is 18.2 Å². The van der Waals surface area contributed by atoms with Gasteiger partial charge in [-0.25, -0.2) is 13.6 Å². The van der Waals surface area contributed by atoms with E-state index in [-0.39, 0.29) is 17.0 Å².